The Kier molecular flexibility index (Phi) is 38.5. The summed E-state index contributed by atoms with van der Waals surface area (Å²) in [6.45, 7) is 21.9. The number of aliphatic hydroxyl groups is 2. The van der Waals surface area contributed by atoms with Gasteiger partial charge in [-0.25, -0.2) is 0 Å². The normalized spacial score (nSPS) is 10.9. The first-order valence-corrected chi connectivity index (χ1v) is 42.4. The minimum Gasteiger partial charge on any atom is -1.00 e. The Morgan fingerprint density at radius 3 is 0.814 bits per heavy atom. The maximum absolute atomic E-state index is 14.2. The molecule has 450 valence electrons. The van der Waals surface area contributed by atoms with Gasteiger partial charge in [-0.3, -0.25) is 0 Å². The van der Waals surface area contributed by atoms with Crippen molar-refractivity contribution in [1.82, 2.24) is 0 Å². The van der Waals surface area contributed by atoms with Gasteiger partial charge in [0.2, 0.25) is 0 Å². The smallest absolute Gasteiger partial charge is 1.00 e. The Morgan fingerprint density at radius 1 is 0.360 bits per heavy atom. The van der Waals surface area contributed by atoms with Gasteiger partial charge in [0, 0.05) is 47.4 Å². The molecule has 9 rings (SSSR count). The molecule has 18 heteroatoms. The van der Waals surface area contributed by atoms with Gasteiger partial charge in [0.1, 0.15) is 0 Å². The molecule has 0 saturated carbocycles. The molecule has 86 heavy (non-hydrogen) atoms. The fourth-order valence-electron chi connectivity index (χ4n) is 7.65. The molecule has 9 aromatic rings. The van der Waals surface area contributed by atoms with Crippen LogP contribution in [0.1, 0.15) is 30.7 Å². The van der Waals surface area contributed by atoms with E-state index in [2.05, 4.69) is 109 Å². The van der Waals surface area contributed by atoms with Crippen molar-refractivity contribution in [3.05, 3.63) is 285 Å². The predicted molar refractivity (Wildman–Crippen MR) is 382 cm³/mol. The molecule has 0 fully saturated rings. The standard InChI is InChI=1S/C22H25O2PSi.C19H17O2P.C10H15BrOSi.C10H15OSi.C7H7BrO.BrH.ClH.2Mg.2H/c1-26(2,3)24-18-19-14-16-22(17-15-19)25(23,20-10-6-4-7-11-20)21-12-8-5-9-13-21;20-15-16-11-13-19(14-12-16)22(21,17-7-3-1-4-8-17)18-9-5-2-6-10-18;1-13(2,3)12-8-9-4-6-10(11)7-5-9;1-12(2,3)11-9-10-7-5-4-6-8-10;8-7-3-1-6(5-9)2-4-7;;;;;;/h4-17H,18H2,1-3H3;1-14,20H,15H2;4-7H,8H2,1-3H3;5-8H,9H2,1-3H3;1-4,9H,5H2;2*1H;;;;/q;;;-1;;;;2*+2;2*-1/p-1. The molecule has 0 bridgehead atoms. The quantitative estimate of drug-likeness (QED) is 0.0532. The van der Waals surface area contributed by atoms with Gasteiger partial charge in [0.25, 0.3) is 0 Å². The number of rotatable bonds is 17. The minimum atomic E-state index is -2.89. The van der Waals surface area contributed by atoms with Crippen LogP contribution in [0.4, 0.5) is 0 Å². The molecule has 2 N–H and O–H groups in total. The number of halogens is 4. The molecule has 0 radical (unpaired) electrons. The fourth-order valence-corrected chi connectivity index (χ4v) is 15.3. The molecule has 0 atom stereocenters. The molecule has 0 aromatic heterocycles. The van der Waals surface area contributed by atoms with E-state index < -0.39 is 39.2 Å². The minimum absolute atomic E-state index is 0. The summed E-state index contributed by atoms with van der Waals surface area (Å²) in [7, 11) is -10.0. The van der Waals surface area contributed by atoms with Crippen LogP contribution in [0.15, 0.2) is 252 Å². The number of benzene rings is 9. The van der Waals surface area contributed by atoms with E-state index in [1.54, 1.807) is 0 Å². The predicted octanol–water partition coefficient (Wildman–Crippen LogP) is 13.0. The summed E-state index contributed by atoms with van der Waals surface area (Å²) < 4.78 is 47.8. The van der Waals surface area contributed by atoms with Crippen molar-refractivity contribution in [3.8, 4) is 0 Å². The topological polar surface area (TPSA) is 102 Å². The van der Waals surface area contributed by atoms with Gasteiger partial charge in [0.05, 0.1) is 26.4 Å². The third-order valence-corrected chi connectivity index (χ3v) is 22.3. The fraction of sp³-hybridized carbons (Fsp3) is 0.206. The summed E-state index contributed by atoms with van der Waals surface area (Å²) >= 11 is 6.70. The third kappa shape index (κ3) is 28.5. The second kappa shape index (κ2) is 40.8. The summed E-state index contributed by atoms with van der Waals surface area (Å²) in [5.74, 6) is 0. The molecule has 9 aromatic carbocycles. The maximum atomic E-state index is 14.2. The van der Waals surface area contributed by atoms with Gasteiger partial charge in [-0.1, -0.05) is 226 Å². The second-order valence-corrected chi connectivity index (χ2v) is 43.0. The molecular formula is C68H82Br3ClMg2O7P2Si3. The van der Waals surface area contributed by atoms with Crippen LogP contribution in [0.5, 0.6) is 0 Å². The number of hydrogen-bond donors (Lipinski definition) is 2. The average molecular weight is 1480 g/mol. The van der Waals surface area contributed by atoms with Gasteiger partial charge in [-0.2, -0.15) is 30.3 Å². The number of hydrogen-bond acceptors (Lipinski definition) is 7. The Bertz CT molecular complexity index is 3260. The molecule has 0 amide bonds. The van der Waals surface area contributed by atoms with Gasteiger partial charge >= 0.3 is 46.1 Å². The van der Waals surface area contributed by atoms with E-state index in [1.165, 1.54) is 11.1 Å². The summed E-state index contributed by atoms with van der Waals surface area (Å²) in [4.78, 5) is 0. The van der Waals surface area contributed by atoms with Crippen molar-refractivity contribution in [2.24, 2.45) is 0 Å². The summed E-state index contributed by atoms with van der Waals surface area (Å²) in [6, 6.07) is 80.8. The summed E-state index contributed by atoms with van der Waals surface area (Å²) in [5.41, 5.74) is 5.35. The van der Waals surface area contributed by atoms with E-state index in [-0.39, 0.29) is 91.6 Å². The zero-order valence-corrected chi connectivity index (χ0v) is 64.1. The van der Waals surface area contributed by atoms with Gasteiger partial charge in [-0.05, 0) is 105 Å². The van der Waals surface area contributed by atoms with Crippen molar-refractivity contribution >= 4 is 161 Å². The monoisotopic (exact) mass is 1480 g/mol. The van der Waals surface area contributed by atoms with Gasteiger partial charge < -0.3 is 52.5 Å². The van der Waals surface area contributed by atoms with Crippen LogP contribution in [0.25, 0.3) is 0 Å². The molecule has 0 heterocycles. The molecule has 7 nitrogen and oxygen atoms in total. The first kappa shape index (κ1) is 81.2. The SMILES string of the molecule is C[Si](C)(C)OCc1cc[c-]cc1.C[Si](C)(C)OCc1ccc(Br)cc1.C[Si](C)(C)OCc1ccc(P(=O)(c2ccccc2)c2ccccc2)cc1.Cl.O=P(c1ccccc1)(c1ccccc1)c1ccc(CO)cc1.OCc1ccc(Br)cc1.[Br-].[H-].[H-].[Mg+2].[Mg+2]. The zero-order chi connectivity index (χ0) is 59.7. The van der Waals surface area contributed by atoms with Crippen molar-refractivity contribution < 1.29 is 52.5 Å². The van der Waals surface area contributed by atoms with Crippen LogP contribution in [-0.4, -0.2) is 81.3 Å². The molecule has 0 aliphatic heterocycles. The Morgan fingerprint density at radius 2 is 0.570 bits per heavy atom. The van der Waals surface area contributed by atoms with E-state index in [4.69, 9.17) is 18.4 Å². The largest absolute Gasteiger partial charge is 2.00 e. The molecule has 0 unspecified atom stereocenters. The van der Waals surface area contributed by atoms with Crippen LogP contribution in [0, 0.1) is 6.07 Å². The molecule has 0 spiro atoms. The third-order valence-electron chi connectivity index (χ3n) is 12.1. The van der Waals surface area contributed by atoms with Crippen molar-refractivity contribution in [3.63, 3.8) is 0 Å². The van der Waals surface area contributed by atoms with Crippen LogP contribution >= 0.6 is 58.6 Å². The molecule has 0 saturated heterocycles. The molecule has 0 aliphatic rings. The van der Waals surface area contributed by atoms with Crippen molar-refractivity contribution in [1.29, 1.82) is 0 Å². The zero-order valence-electron chi connectivity index (χ0n) is 52.9. The second-order valence-electron chi connectivity index (χ2n) is 22.1. The van der Waals surface area contributed by atoms with Crippen LogP contribution in [-0.2, 0) is 55.4 Å². The average Bonchev–Trinajstić information content (AvgIpc) is 1.95. The van der Waals surface area contributed by atoms with Gasteiger partial charge in [-0.15, -0.1) is 18.0 Å². The first-order valence-electron chi connectivity index (χ1n) is 27.2. The Labute approximate surface area is 585 Å². The Hall–Kier alpha value is -2.85. The summed E-state index contributed by atoms with van der Waals surface area (Å²) in [6.07, 6.45) is 0. The van der Waals surface area contributed by atoms with E-state index >= 15 is 0 Å². The van der Waals surface area contributed by atoms with Crippen LogP contribution in [0.3, 0.4) is 0 Å². The molecule has 0 aliphatic carbocycles. The number of aliphatic hydroxyl groups excluding tert-OH is 2. The first-order chi connectivity index (χ1) is 39.0. The van der Waals surface area contributed by atoms with Crippen LogP contribution < -0.4 is 48.8 Å². The van der Waals surface area contributed by atoms with Crippen LogP contribution in [0.2, 0.25) is 58.9 Å². The Balaban J connectivity index is 0. The maximum Gasteiger partial charge on any atom is 2.00 e. The van der Waals surface area contributed by atoms with E-state index in [1.807, 2.05) is 231 Å². The summed E-state index contributed by atoms with van der Waals surface area (Å²) in [5, 5.41) is 22.8. The van der Waals surface area contributed by atoms with E-state index in [9.17, 15) is 14.2 Å². The van der Waals surface area contributed by atoms with Gasteiger partial charge in [0.15, 0.2) is 39.2 Å². The molecular weight excluding hydrogens is 1400 g/mol. The van der Waals surface area contributed by atoms with Crippen molar-refractivity contribution in [2.75, 3.05) is 0 Å². The van der Waals surface area contributed by atoms with Crippen molar-refractivity contribution in [2.45, 2.75) is 92.0 Å². The van der Waals surface area contributed by atoms with E-state index in [0.717, 1.165) is 70.7 Å². The van der Waals surface area contributed by atoms with E-state index in [0.29, 0.717) is 6.61 Å².